The first-order valence-corrected chi connectivity index (χ1v) is 9.70. The lowest BCUT2D eigenvalue weighted by atomic mass is 10.1. The molecule has 2 heterocycles. The SMILES string of the molecule is O=C(c1c(F)cc(F)cc1F)N1N=C(c2ccc(F)cc2)SC1c1cccnc1Cl. The molecule has 1 amide bonds. The maximum atomic E-state index is 14.2. The van der Waals surface area contributed by atoms with Crippen molar-refractivity contribution < 1.29 is 22.4 Å². The monoisotopic (exact) mass is 451 g/mol. The molecule has 0 saturated carbocycles. The summed E-state index contributed by atoms with van der Waals surface area (Å²) >= 11 is 7.23. The van der Waals surface area contributed by atoms with Gasteiger partial charge in [-0.15, -0.1) is 0 Å². The molecule has 3 aromatic rings. The normalized spacial score (nSPS) is 16.0. The first-order valence-electron chi connectivity index (χ1n) is 8.45. The van der Waals surface area contributed by atoms with Gasteiger partial charge in [-0.05, 0) is 30.3 Å². The molecule has 0 N–H and O–H groups in total. The highest BCUT2D eigenvalue weighted by molar-refractivity contribution is 8.14. The smallest absolute Gasteiger partial charge is 0.267 e. The van der Waals surface area contributed by atoms with Crippen LogP contribution in [0.3, 0.4) is 0 Å². The van der Waals surface area contributed by atoms with Crippen LogP contribution in [0.2, 0.25) is 5.15 Å². The van der Waals surface area contributed by atoms with E-state index < -0.39 is 40.1 Å². The Bertz CT molecular complexity index is 1150. The highest BCUT2D eigenvalue weighted by atomic mass is 35.5. The predicted octanol–water partition coefficient (Wildman–Crippen LogP) is 5.54. The summed E-state index contributed by atoms with van der Waals surface area (Å²) in [6.45, 7) is 0. The van der Waals surface area contributed by atoms with E-state index in [9.17, 15) is 22.4 Å². The van der Waals surface area contributed by atoms with Gasteiger partial charge in [-0.25, -0.2) is 27.6 Å². The van der Waals surface area contributed by atoms with Gasteiger partial charge in [-0.1, -0.05) is 29.4 Å². The maximum Gasteiger partial charge on any atom is 0.281 e. The lowest BCUT2D eigenvalue weighted by molar-refractivity contribution is 0.0739. The van der Waals surface area contributed by atoms with E-state index >= 15 is 0 Å². The third-order valence-electron chi connectivity index (χ3n) is 4.22. The van der Waals surface area contributed by atoms with Crippen LogP contribution in [-0.2, 0) is 0 Å². The number of rotatable bonds is 3. The number of halogens is 5. The molecular formula is C20H10ClF4N3OS. The Morgan fingerprint density at radius 3 is 2.30 bits per heavy atom. The fourth-order valence-corrected chi connectivity index (χ4v) is 4.30. The van der Waals surface area contributed by atoms with Crippen LogP contribution in [0.15, 0.2) is 59.8 Å². The molecule has 1 atom stereocenters. The molecule has 30 heavy (non-hydrogen) atoms. The van der Waals surface area contributed by atoms with Crippen molar-refractivity contribution in [2.45, 2.75) is 5.37 Å². The zero-order chi connectivity index (χ0) is 21.4. The zero-order valence-electron chi connectivity index (χ0n) is 14.8. The van der Waals surface area contributed by atoms with E-state index in [1.807, 2.05) is 0 Å². The molecule has 1 aliphatic rings. The summed E-state index contributed by atoms with van der Waals surface area (Å²) < 4.78 is 55.0. The highest BCUT2D eigenvalue weighted by Crippen LogP contribution is 2.44. The van der Waals surface area contributed by atoms with Crippen molar-refractivity contribution >= 4 is 34.3 Å². The standard InChI is InChI=1S/C20H10ClF4N3OS/c21-17-13(2-1-7-26-17)20-28(19(29)16-14(24)8-12(23)9-15(16)25)27-18(30-20)10-3-5-11(22)6-4-10/h1-9,20H. The minimum Gasteiger partial charge on any atom is -0.267 e. The number of thioether (sulfide) groups is 1. The van der Waals surface area contributed by atoms with Gasteiger partial charge in [0.25, 0.3) is 5.91 Å². The summed E-state index contributed by atoms with van der Waals surface area (Å²) in [5, 5.41) is 4.52. The number of carbonyl (C=O) groups excluding carboxylic acids is 1. The van der Waals surface area contributed by atoms with Crippen LogP contribution in [0.4, 0.5) is 17.6 Å². The van der Waals surface area contributed by atoms with Crippen LogP contribution in [0.5, 0.6) is 0 Å². The van der Waals surface area contributed by atoms with Crippen molar-refractivity contribution in [2.75, 3.05) is 0 Å². The molecule has 152 valence electrons. The van der Waals surface area contributed by atoms with Crippen molar-refractivity contribution in [3.05, 3.63) is 99.8 Å². The first-order chi connectivity index (χ1) is 14.3. The lowest BCUT2D eigenvalue weighted by Gasteiger charge is -2.22. The van der Waals surface area contributed by atoms with Crippen LogP contribution in [0, 0.1) is 23.3 Å². The second kappa shape index (κ2) is 8.08. The van der Waals surface area contributed by atoms with Crippen molar-refractivity contribution in [2.24, 2.45) is 5.10 Å². The predicted molar refractivity (Wildman–Crippen MR) is 105 cm³/mol. The van der Waals surface area contributed by atoms with E-state index in [1.54, 1.807) is 12.1 Å². The van der Waals surface area contributed by atoms with Gasteiger partial charge in [-0.3, -0.25) is 4.79 Å². The van der Waals surface area contributed by atoms with Gasteiger partial charge >= 0.3 is 0 Å². The third-order valence-corrected chi connectivity index (χ3v) is 5.75. The molecule has 0 spiro atoms. The summed E-state index contributed by atoms with van der Waals surface area (Å²) in [7, 11) is 0. The Kier molecular flexibility index (Phi) is 5.48. The quantitative estimate of drug-likeness (QED) is 0.388. The second-order valence-corrected chi connectivity index (χ2v) is 7.59. The molecule has 4 rings (SSSR count). The summed E-state index contributed by atoms with van der Waals surface area (Å²) in [5.41, 5.74) is -0.0887. The Balaban J connectivity index is 1.81. The fourth-order valence-electron chi connectivity index (χ4n) is 2.84. The molecule has 10 heteroatoms. The topological polar surface area (TPSA) is 45.6 Å². The minimum atomic E-state index is -1.36. The number of nitrogens with zero attached hydrogens (tertiary/aromatic N) is 3. The van der Waals surface area contributed by atoms with E-state index in [2.05, 4.69) is 10.1 Å². The van der Waals surface area contributed by atoms with E-state index in [0.717, 1.165) is 16.8 Å². The fraction of sp³-hybridized carbons (Fsp3) is 0.0500. The molecule has 0 radical (unpaired) electrons. The summed E-state index contributed by atoms with van der Waals surface area (Å²) in [6, 6.07) is 9.34. The van der Waals surface area contributed by atoms with Crippen LogP contribution >= 0.6 is 23.4 Å². The average molecular weight is 452 g/mol. The minimum absolute atomic E-state index is 0.0726. The molecule has 2 aromatic carbocycles. The van der Waals surface area contributed by atoms with Crippen LogP contribution in [0.25, 0.3) is 0 Å². The number of amides is 1. The molecule has 0 saturated heterocycles. The van der Waals surface area contributed by atoms with Gasteiger partial charge in [-0.2, -0.15) is 5.10 Å². The Morgan fingerprint density at radius 2 is 1.67 bits per heavy atom. The highest BCUT2D eigenvalue weighted by Gasteiger charge is 2.38. The van der Waals surface area contributed by atoms with Gasteiger partial charge in [0.05, 0.1) is 0 Å². The first kappa shape index (κ1) is 20.4. The number of hydrogen-bond acceptors (Lipinski definition) is 4. The van der Waals surface area contributed by atoms with Crippen molar-refractivity contribution in [3.8, 4) is 0 Å². The van der Waals surface area contributed by atoms with Crippen molar-refractivity contribution in [3.63, 3.8) is 0 Å². The number of carbonyl (C=O) groups is 1. The van der Waals surface area contributed by atoms with Gasteiger partial charge in [0.2, 0.25) is 0 Å². The number of hydrazone groups is 1. The van der Waals surface area contributed by atoms with Gasteiger partial charge in [0.1, 0.15) is 44.4 Å². The third kappa shape index (κ3) is 3.78. The van der Waals surface area contributed by atoms with Gasteiger partial charge in [0, 0.05) is 29.5 Å². The molecule has 1 unspecified atom stereocenters. The maximum absolute atomic E-state index is 14.2. The summed E-state index contributed by atoms with van der Waals surface area (Å²) in [4.78, 5) is 17.0. The number of benzene rings is 2. The second-order valence-electron chi connectivity index (χ2n) is 6.16. The Labute approximate surface area is 177 Å². The van der Waals surface area contributed by atoms with E-state index in [4.69, 9.17) is 11.6 Å². The number of aromatic nitrogens is 1. The molecule has 0 fully saturated rings. The molecular weight excluding hydrogens is 442 g/mol. The van der Waals surface area contributed by atoms with E-state index in [-0.39, 0.29) is 5.15 Å². The van der Waals surface area contributed by atoms with Crippen LogP contribution in [0.1, 0.15) is 26.9 Å². The van der Waals surface area contributed by atoms with Crippen LogP contribution < -0.4 is 0 Å². The van der Waals surface area contributed by atoms with E-state index in [1.165, 1.54) is 30.5 Å². The van der Waals surface area contributed by atoms with Crippen LogP contribution in [-0.4, -0.2) is 20.9 Å². The Hall–Kier alpha value is -2.91. The number of pyridine rings is 1. The summed E-state index contributed by atoms with van der Waals surface area (Å²) in [5.74, 6) is -5.45. The van der Waals surface area contributed by atoms with Crippen molar-refractivity contribution in [1.29, 1.82) is 0 Å². The Morgan fingerprint density at radius 1 is 1.00 bits per heavy atom. The molecule has 1 aliphatic heterocycles. The van der Waals surface area contributed by atoms with Crippen molar-refractivity contribution in [1.82, 2.24) is 9.99 Å². The zero-order valence-corrected chi connectivity index (χ0v) is 16.4. The van der Waals surface area contributed by atoms with E-state index in [0.29, 0.717) is 28.3 Å². The molecule has 0 aliphatic carbocycles. The van der Waals surface area contributed by atoms with Gasteiger partial charge < -0.3 is 0 Å². The van der Waals surface area contributed by atoms with Gasteiger partial charge in [0.15, 0.2) is 0 Å². The lowest BCUT2D eigenvalue weighted by Crippen LogP contribution is -2.28. The average Bonchev–Trinajstić information content (AvgIpc) is 3.13. The molecule has 1 aromatic heterocycles. The summed E-state index contributed by atoms with van der Waals surface area (Å²) in [6.07, 6.45) is 1.44. The molecule has 4 nitrogen and oxygen atoms in total. The number of hydrogen-bond donors (Lipinski definition) is 0. The largest absolute Gasteiger partial charge is 0.281 e. The molecule has 0 bridgehead atoms.